The number of esters is 2. The zero-order valence-electron chi connectivity index (χ0n) is 50.1. The minimum Gasteiger partial charge on any atom is -0.487 e. The fourth-order valence-electron chi connectivity index (χ4n) is 10.5. The number of H-pyrrole nitrogens is 2. The number of ether oxygens (including phenoxy) is 14. The smallest absolute Gasteiger partial charge is 0.340 e. The van der Waals surface area contributed by atoms with Crippen LogP contribution in [0.25, 0.3) is 33.2 Å². The zero-order valence-corrected chi connectivity index (χ0v) is 50.1. The summed E-state index contributed by atoms with van der Waals surface area (Å²) in [6, 6.07) is 7.42. The second-order valence-corrected chi connectivity index (χ2v) is 20.2. The fraction of sp³-hybridized carbons (Fsp3) is 0.557. The van der Waals surface area contributed by atoms with E-state index in [2.05, 4.69) is 23.8 Å². The number of aryl methyl sites for hydroxylation is 2. The van der Waals surface area contributed by atoms with Crippen LogP contribution in [0.1, 0.15) is 118 Å². The molecule has 0 saturated heterocycles. The monoisotopic (exact) mass is 1150 g/mol. The van der Waals surface area contributed by atoms with E-state index in [0.29, 0.717) is 148 Å². The highest BCUT2D eigenvalue weighted by Crippen LogP contribution is 2.45. The van der Waals surface area contributed by atoms with Crippen LogP contribution in [-0.4, -0.2) is 193 Å². The molecule has 3 aromatic heterocycles. The molecule has 1 aliphatic carbocycles. The SMILES string of the molecule is Bc1c2nc(c3c4[nH]c(cc5nc(cc6[nH]c1c(C)c6C(=O)OCc1cc(OCCOCCOCCOC)c(OCCOCCOCCOC)c(OCCOCCOCCOC)c1)C(C)=C5CC)c(C)c4C(=O)C3)[C@@H](CCC(=O)OC)[C@@H]2C. The maximum atomic E-state index is 15.0. The number of hydrogen-bond donors (Lipinski definition) is 2. The van der Waals surface area contributed by atoms with E-state index in [4.69, 9.17) is 76.3 Å². The molecule has 2 N–H and O–H groups in total. The van der Waals surface area contributed by atoms with Crippen LogP contribution in [0, 0.1) is 13.8 Å². The zero-order chi connectivity index (χ0) is 59.3. The number of aromatic amines is 2. The third-order valence-corrected chi connectivity index (χ3v) is 14.9. The number of ketones is 1. The minimum absolute atomic E-state index is 0.0154. The van der Waals surface area contributed by atoms with E-state index < -0.39 is 5.97 Å². The van der Waals surface area contributed by atoms with Crippen molar-refractivity contribution in [2.45, 2.75) is 78.7 Å². The fourth-order valence-corrected chi connectivity index (χ4v) is 10.5. The molecule has 5 heterocycles. The Morgan fingerprint density at radius 2 is 1.14 bits per heavy atom. The first-order valence-corrected chi connectivity index (χ1v) is 28.6. The number of hydrogen-bond acceptors (Lipinski definition) is 19. The van der Waals surface area contributed by atoms with Crippen molar-refractivity contribution in [2.75, 3.05) is 147 Å². The van der Waals surface area contributed by atoms with Crippen LogP contribution >= 0.6 is 0 Å². The van der Waals surface area contributed by atoms with E-state index in [-0.39, 0.29) is 82.7 Å². The van der Waals surface area contributed by atoms with Crippen molar-refractivity contribution < 1.29 is 80.7 Å². The Labute approximate surface area is 487 Å². The van der Waals surface area contributed by atoms with Gasteiger partial charge in [0.15, 0.2) is 17.3 Å². The standard InChI is InChI=1S/C61H83BN4O17/c1-10-42-37(2)45-35-48-53(40(5)57(65-48)55(62)56-38(3)43(11-12-52(68)73-9)58(66-56)44-33-49(67)54-39(4)46(64-59(44)54)34-47(42)63-45)61(69)83-36-41-31-50(80-28-25-77-22-19-74-16-13-70-6)60(82-30-27-79-24-21-76-18-15-72-8)51(32-41)81-29-26-78-23-20-75-17-14-71-7/h31-32,34-35,38,43,64-65H,10-30,33,36,62H2,1-9H3/t38-,43-/m0/s1. The predicted molar refractivity (Wildman–Crippen MR) is 314 cm³/mol. The van der Waals surface area contributed by atoms with Gasteiger partial charge in [0, 0.05) is 73.9 Å². The first-order valence-electron chi connectivity index (χ1n) is 28.6. The molecule has 21 nitrogen and oxygen atoms in total. The molecule has 0 saturated carbocycles. The Hall–Kier alpha value is -6.21. The van der Waals surface area contributed by atoms with E-state index in [1.165, 1.54) is 7.11 Å². The number of benzene rings is 1. The van der Waals surface area contributed by atoms with Crippen LogP contribution in [0.4, 0.5) is 0 Å². The van der Waals surface area contributed by atoms with Crippen molar-refractivity contribution in [3.05, 3.63) is 80.4 Å². The number of nitrogens with one attached hydrogen (secondary N) is 2. The number of Topliss-reactive ketones (excluding diaryl/α,β-unsaturated/α-hetero) is 1. The summed E-state index contributed by atoms with van der Waals surface area (Å²) in [4.78, 5) is 59.4. The average molecular weight is 1160 g/mol. The van der Waals surface area contributed by atoms with Gasteiger partial charge >= 0.3 is 11.9 Å². The Balaban J connectivity index is 1.26. The molecular formula is C61H83BN4O17. The molecule has 452 valence electrons. The van der Waals surface area contributed by atoms with Crippen LogP contribution in [0.3, 0.4) is 0 Å². The highest BCUT2D eigenvalue weighted by atomic mass is 16.6. The number of carbonyl (C=O) groups is 3. The lowest BCUT2D eigenvalue weighted by Crippen LogP contribution is -2.16. The second kappa shape index (κ2) is 32.7. The summed E-state index contributed by atoms with van der Waals surface area (Å²) in [5, 5.41) is 0. The van der Waals surface area contributed by atoms with Gasteiger partial charge in [-0.25, -0.2) is 9.78 Å². The van der Waals surface area contributed by atoms with Gasteiger partial charge in [0.2, 0.25) is 5.75 Å². The second-order valence-electron chi connectivity index (χ2n) is 20.2. The van der Waals surface area contributed by atoms with Gasteiger partial charge in [0.25, 0.3) is 0 Å². The third-order valence-electron chi connectivity index (χ3n) is 14.9. The van der Waals surface area contributed by atoms with Crippen LogP contribution in [0.2, 0.25) is 0 Å². The Kier molecular flexibility index (Phi) is 25.4. The van der Waals surface area contributed by atoms with Crippen molar-refractivity contribution in [3.63, 3.8) is 0 Å². The van der Waals surface area contributed by atoms with Gasteiger partial charge in [-0.15, -0.1) is 0 Å². The van der Waals surface area contributed by atoms with Crippen LogP contribution in [0.5, 0.6) is 17.2 Å². The maximum Gasteiger partial charge on any atom is 0.340 e. The number of allylic oxidation sites excluding steroid dienone is 2. The Morgan fingerprint density at radius 1 is 0.627 bits per heavy atom. The van der Waals surface area contributed by atoms with Crippen LogP contribution < -0.4 is 19.7 Å². The highest BCUT2D eigenvalue weighted by molar-refractivity contribution is 6.38. The normalized spacial score (nSPS) is 14.7. The quantitative estimate of drug-likeness (QED) is 0.0273. The molecule has 1 aromatic carbocycles. The maximum absolute atomic E-state index is 15.0. The molecule has 22 heteroatoms. The van der Waals surface area contributed by atoms with E-state index in [1.54, 1.807) is 33.5 Å². The summed E-state index contributed by atoms with van der Waals surface area (Å²) < 4.78 is 79.8. The number of aromatic nitrogens is 4. The summed E-state index contributed by atoms with van der Waals surface area (Å²) in [6.07, 6.45) is 1.50. The summed E-state index contributed by atoms with van der Waals surface area (Å²) in [5.74, 6) is -0.296. The number of methoxy groups -OCH3 is 4. The van der Waals surface area contributed by atoms with E-state index in [0.717, 1.165) is 55.9 Å². The van der Waals surface area contributed by atoms with Crippen LogP contribution in [-0.2, 0) is 69.9 Å². The van der Waals surface area contributed by atoms with Crippen molar-refractivity contribution in [1.29, 1.82) is 0 Å². The van der Waals surface area contributed by atoms with Gasteiger partial charge in [-0.2, -0.15) is 0 Å². The van der Waals surface area contributed by atoms with E-state index in [9.17, 15) is 14.4 Å². The molecule has 2 atom stereocenters. The first-order chi connectivity index (χ1) is 40.3. The number of fused-ring (bicyclic) bond motifs is 8. The van der Waals surface area contributed by atoms with Gasteiger partial charge in [-0.05, 0) is 91.2 Å². The van der Waals surface area contributed by atoms with Crippen molar-refractivity contribution in [2.24, 2.45) is 0 Å². The molecule has 0 radical (unpaired) electrons. The molecular weight excluding hydrogens is 1070 g/mol. The van der Waals surface area contributed by atoms with Crippen molar-refractivity contribution >= 4 is 64.2 Å². The molecule has 0 fully saturated rings. The first kappa shape index (κ1) is 64.4. The van der Waals surface area contributed by atoms with Gasteiger partial charge in [0.1, 0.15) is 34.3 Å². The summed E-state index contributed by atoms with van der Waals surface area (Å²) in [7, 11) is 8.23. The third kappa shape index (κ3) is 16.8. The summed E-state index contributed by atoms with van der Waals surface area (Å²) >= 11 is 0. The van der Waals surface area contributed by atoms with Gasteiger partial charge in [-0.1, -0.05) is 13.8 Å². The van der Waals surface area contributed by atoms with Crippen LogP contribution in [0.15, 0.2) is 24.3 Å². The molecule has 3 aliphatic rings. The largest absolute Gasteiger partial charge is 0.487 e. The summed E-state index contributed by atoms with van der Waals surface area (Å²) in [5.41, 5.74) is 12.3. The molecule has 0 spiro atoms. The number of nitrogens with zero attached hydrogens (tertiary/aromatic N) is 2. The topological polar surface area (TPSA) is 238 Å². The van der Waals surface area contributed by atoms with Crippen molar-refractivity contribution in [1.82, 2.24) is 19.9 Å². The molecule has 83 heavy (non-hydrogen) atoms. The number of rotatable bonds is 37. The Morgan fingerprint density at radius 3 is 1.69 bits per heavy atom. The molecule has 7 rings (SSSR count). The molecule has 2 aliphatic heterocycles. The lowest BCUT2D eigenvalue weighted by molar-refractivity contribution is -0.140. The highest BCUT2D eigenvalue weighted by Gasteiger charge is 2.37. The van der Waals surface area contributed by atoms with E-state index >= 15 is 0 Å². The van der Waals surface area contributed by atoms with Crippen molar-refractivity contribution in [3.8, 4) is 17.2 Å². The Bertz CT molecular complexity index is 3000. The van der Waals surface area contributed by atoms with Gasteiger partial charge in [0.05, 0.1) is 140 Å². The summed E-state index contributed by atoms with van der Waals surface area (Å²) in [6.45, 7) is 16.1. The molecule has 4 aromatic rings. The van der Waals surface area contributed by atoms with E-state index in [1.807, 2.05) is 40.8 Å². The molecule has 0 unspecified atom stereocenters. The number of carbonyl (C=O) groups excluding carboxylic acids is 3. The van der Waals surface area contributed by atoms with Gasteiger partial charge in [-0.3, -0.25) is 14.6 Å². The lowest BCUT2D eigenvalue weighted by atomic mass is 9.81. The molecule has 0 amide bonds. The predicted octanol–water partition coefficient (Wildman–Crippen LogP) is 6.64. The molecule has 8 bridgehead atoms. The minimum atomic E-state index is -0.587. The van der Waals surface area contributed by atoms with Gasteiger partial charge < -0.3 is 76.3 Å². The lowest BCUT2D eigenvalue weighted by Gasteiger charge is -2.19. The average Bonchev–Trinajstić information content (AvgIpc) is 2.30.